The Balaban J connectivity index is 2.61. The van der Waals surface area contributed by atoms with Gasteiger partial charge in [0.25, 0.3) is 0 Å². The van der Waals surface area contributed by atoms with Gasteiger partial charge in [-0.25, -0.2) is 0 Å². The van der Waals surface area contributed by atoms with Gasteiger partial charge in [0.2, 0.25) is 0 Å². The summed E-state index contributed by atoms with van der Waals surface area (Å²) in [6, 6.07) is 10.5. The molecule has 0 heterocycles. The van der Waals surface area contributed by atoms with E-state index in [2.05, 4.69) is 31.2 Å². The maximum atomic E-state index is 5.20. The molecule has 0 bridgehead atoms. The standard InChI is InChI=1S/C9H14OSi/c1-8(11-10-2)9-6-4-3-5-7-9/h3-8H,11H2,1-2H3. The topological polar surface area (TPSA) is 9.23 Å². The van der Waals surface area contributed by atoms with Crippen LogP contribution in [-0.4, -0.2) is 16.9 Å². The summed E-state index contributed by atoms with van der Waals surface area (Å²) in [7, 11) is 1.45. The zero-order valence-corrected chi connectivity index (χ0v) is 8.49. The first-order chi connectivity index (χ1) is 5.34. The summed E-state index contributed by atoms with van der Waals surface area (Å²) in [4.78, 5) is 0. The second-order valence-corrected chi connectivity index (χ2v) is 4.90. The van der Waals surface area contributed by atoms with Crippen LogP contribution in [0.15, 0.2) is 30.3 Å². The van der Waals surface area contributed by atoms with Gasteiger partial charge in [-0.15, -0.1) is 0 Å². The minimum atomic E-state index is -0.352. The summed E-state index contributed by atoms with van der Waals surface area (Å²) in [5.41, 5.74) is 2.04. The van der Waals surface area contributed by atoms with Crippen LogP contribution in [-0.2, 0) is 4.43 Å². The highest BCUT2D eigenvalue weighted by Gasteiger charge is 2.03. The van der Waals surface area contributed by atoms with Crippen LogP contribution >= 0.6 is 0 Å². The van der Waals surface area contributed by atoms with Crippen LogP contribution in [0.3, 0.4) is 0 Å². The third kappa shape index (κ3) is 2.48. The highest BCUT2D eigenvalue weighted by atomic mass is 28.2. The molecule has 2 heteroatoms. The second kappa shape index (κ2) is 4.31. The Morgan fingerprint density at radius 2 is 1.91 bits per heavy atom. The van der Waals surface area contributed by atoms with Gasteiger partial charge in [0.05, 0.1) is 0 Å². The van der Waals surface area contributed by atoms with Crippen molar-refractivity contribution >= 4 is 9.76 Å². The lowest BCUT2D eigenvalue weighted by atomic mass is 10.2. The quantitative estimate of drug-likeness (QED) is 0.618. The molecule has 1 rings (SSSR count). The molecule has 0 fully saturated rings. The lowest BCUT2D eigenvalue weighted by molar-refractivity contribution is 0.434. The molecule has 0 aliphatic rings. The number of hydrogen-bond acceptors (Lipinski definition) is 1. The predicted molar refractivity (Wildman–Crippen MR) is 50.4 cm³/mol. The van der Waals surface area contributed by atoms with Gasteiger partial charge in [-0.05, 0) is 11.1 Å². The summed E-state index contributed by atoms with van der Waals surface area (Å²) in [5, 5.41) is 0. The Hall–Kier alpha value is -0.603. The lowest BCUT2D eigenvalue weighted by Gasteiger charge is -2.08. The molecule has 0 N–H and O–H groups in total. The molecule has 0 aliphatic carbocycles. The van der Waals surface area contributed by atoms with Crippen molar-refractivity contribution < 1.29 is 4.43 Å². The van der Waals surface area contributed by atoms with Crippen molar-refractivity contribution in [2.45, 2.75) is 12.5 Å². The molecule has 0 saturated heterocycles. The molecule has 0 radical (unpaired) electrons. The van der Waals surface area contributed by atoms with Gasteiger partial charge in [0.15, 0.2) is 9.76 Å². The Kier molecular flexibility index (Phi) is 3.33. The van der Waals surface area contributed by atoms with E-state index in [1.54, 1.807) is 7.11 Å². The zero-order valence-electron chi connectivity index (χ0n) is 7.08. The average Bonchev–Trinajstić information content (AvgIpc) is 2.07. The van der Waals surface area contributed by atoms with Crippen LogP contribution in [0.2, 0.25) is 0 Å². The van der Waals surface area contributed by atoms with Crippen LogP contribution in [0.25, 0.3) is 0 Å². The molecule has 0 aromatic heterocycles. The van der Waals surface area contributed by atoms with Crippen LogP contribution < -0.4 is 0 Å². The first-order valence-corrected chi connectivity index (χ1v) is 5.28. The summed E-state index contributed by atoms with van der Waals surface area (Å²) in [5.74, 6) is 0. The zero-order chi connectivity index (χ0) is 8.10. The van der Waals surface area contributed by atoms with Crippen molar-refractivity contribution in [1.82, 2.24) is 0 Å². The Morgan fingerprint density at radius 3 is 2.45 bits per heavy atom. The predicted octanol–water partition coefficient (Wildman–Crippen LogP) is 1.48. The van der Waals surface area contributed by atoms with Crippen molar-refractivity contribution in [3.8, 4) is 0 Å². The smallest absolute Gasteiger partial charge is 0.168 e. The second-order valence-electron chi connectivity index (χ2n) is 2.77. The normalized spacial score (nSPS) is 14.0. The molecule has 1 aromatic carbocycles. The Labute approximate surface area is 70.3 Å². The van der Waals surface area contributed by atoms with Crippen molar-refractivity contribution in [3.05, 3.63) is 35.9 Å². The molecule has 1 atom stereocenters. The van der Waals surface area contributed by atoms with Crippen LogP contribution in [0, 0.1) is 0 Å². The van der Waals surface area contributed by atoms with Crippen LogP contribution in [0.4, 0.5) is 0 Å². The number of hydrogen-bond donors (Lipinski definition) is 0. The van der Waals surface area contributed by atoms with Gasteiger partial charge in [-0.1, -0.05) is 37.3 Å². The average molecular weight is 166 g/mol. The monoisotopic (exact) mass is 166 g/mol. The summed E-state index contributed by atoms with van der Waals surface area (Å²) in [6.07, 6.45) is 0. The Morgan fingerprint density at radius 1 is 1.27 bits per heavy atom. The van der Waals surface area contributed by atoms with E-state index < -0.39 is 0 Å². The highest BCUT2D eigenvalue weighted by molar-refractivity contribution is 6.29. The number of benzene rings is 1. The van der Waals surface area contributed by atoms with E-state index in [0.29, 0.717) is 5.54 Å². The number of rotatable bonds is 3. The van der Waals surface area contributed by atoms with Gasteiger partial charge in [-0.2, -0.15) is 0 Å². The van der Waals surface area contributed by atoms with E-state index in [0.717, 1.165) is 0 Å². The first kappa shape index (κ1) is 8.49. The molecule has 0 amide bonds. The SMILES string of the molecule is CO[SiH2]C(C)c1ccccc1. The maximum Gasteiger partial charge on any atom is 0.168 e. The minimum absolute atomic E-state index is 0.352. The van der Waals surface area contributed by atoms with Gasteiger partial charge in [-0.3, -0.25) is 0 Å². The maximum absolute atomic E-state index is 5.20. The van der Waals surface area contributed by atoms with E-state index >= 15 is 0 Å². The molecule has 11 heavy (non-hydrogen) atoms. The van der Waals surface area contributed by atoms with E-state index in [-0.39, 0.29) is 9.76 Å². The van der Waals surface area contributed by atoms with Gasteiger partial charge >= 0.3 is 0 Å². The van der Waals surface area contributed by atoms with Gasteiger partial charge in [0.1, 0.15) is 0 Å². The molecule has 1 aromatic rings. The highest BCUT2D eigenvalue weighted by Crippen LogP contribution is 2.12. The van der Waals surface area contributed by atoms with E-state index in [1.807, 2.05) is 6.07 Å². The van der Waals surface area contributed by atoms with E-state index in [4.69, 9.17) is 4.43 Å². The third-order valence-electron chi connectivity index (χ3n) is 1.79. The van der Waals surface area contributed by atoms with Crippen molar-refractivity contribution in [1.29, 1.82) is 0 Å². The molecule has 60 valence electrons. The summed E-state index contributed by atoms with van der Waals surface area (Å²) < 4.78 is 5.20. The minimum Gasteiger partial charge on any atom is -0.427 e. The summed E-state index contributed by atoms with van der Waals surface area (Å²) in [6.45, 7) is 2.23. The van der Waals surface area contributed by atoms with Crippen LogP contribution in [0.5, 0.6) is 0 Å². The lowest BCUT2D eigenvalue weighted by Crippen LogP contribution is -2.05. The fourth-order valence-corrected chi connectivity index (χ4v) is 2.09. The fraction of sp³-hybridized carbons (Fsp3) is 0.333. The van der Waals surface area contributed by atoms with E-state index in [1.165, 1.54) is 5.56 Å². The third-order valence-corrected chi connectivity index (χ3v) is 3.09. The van der Waals surface area contributed by atoms with Crippen molar-refractivity contribution in [3.63, 3.8) is 0 Å². The molecule has 1 unspecified atom stereocenters. The van der Waals surface area contributed by atoms with Gasteiger partial charge < -0.3 is 4.43 Å². The molecule has 0 saturated carbocycles. The molecular weight excluding hydrogens is 152 g/mol. The van der Waals surface area contributed by atoms with E-state index in [9.17, 15) is 0 Å². The van der Waals surface area contributed by atoms with Crippen molar-refractivity contribution in [2.24, 2.45) is 0 Å². The fourth-order valence-electron chi connectivity index (χ4n) is 1.13. The Bertz CT molecular complexity index is 198. The molecular formula is C9H14OSi. The molecule has 0 aliphatic heterocycles. The first-order valence-electron chi connectivity index (χ1n) is 3.88. The molecule has 0 spiro atoms. The molecule has 1 nitrogen and oxygen atoms in total. The van der Waals surface area contributed by atoms with Crippen molar-refractivity contribution in [2.75, 3.05) is 7.11 Å². The van der Waals surface area contributed by atoms with Gasteiger partial charge in [0, 0.05) is 7.11 Å². The van der Waals surface area contributed by atoms with Crippen LogP contribution in [0.1, 0.15) is 18.0 Å². The largest absolute Gasteiger partial charge is 0.427 e. The summed E-state index contributed by atoms with van der Waals surface area (Å²) >= 11 is 0.